The van der Waals surface area contributed by atoms with E-state index in [2.05, 4.69) is 4.98 Å². The van der Waals surface area contributed by atoms with E-state index in [-0.39, 0.29) is 21.3 Å². The molecule has 1 heterocycles. The van der Waals surface area contributed by atoms with Crippen LogP contribution in [0.15, 0.2) is 47.5 Å². The van der Waals surface area contributed by atoms with Crippen molar-refractivity contribution in [1.29, 1.82) is 0 Å². The van der Waals surface area contributed by atoms with Crippen molar-refractivity contribution >= 4 is 27.1 Å². The second-order valence-electron chi connectivity index (χ2n) is 3.97. The number of halogens is 1. The molecule has 6 nitrogen and oxygen atoms in total. The summed E-state index contributed by atoms with van der Waals surface area (Å²) in [7, 11) is -3.63. The SMILES string of the molecule is O=[N+]([O-])c1cnc(Cl)c(CS(=O)(=O)c2ccccc2)c1. The number of rotatable bonds is 4. The molecule has 1 aromatic heterocycles. The zero-order valence-electron chi connectivity index (χ0n) is 10.1. The van der Waals surface area contributed by atoms with Gasteiger partial charge in [0.2, 0.25) is 0 Å². The minimum absolute atomic E-state index is 0.0601. The van der Waals surface area contributed by atoms with Crippen LogP contribution in [0.5, 0.6) is 0 Å². The monoisotopic (exact) mass is 312 g/mol. The van der Waals surface area contributed by atoms with Crippen LogP contribution in [0.2, 0.25) is 5.15 Å². The van der Waals surface area contributed by atoms with Crippen LogP contribution in [0.3, 0.4) is 0 Å². The molecule has 0 spiro atoms. The average molecular weight is 313 g/mol. The molecule has 0 N–H and O–H groups in total. The van der Waals surface area contributed by atoms with Gasteiger partial charge < -0.3 is 0 Å². The van der Waals surface area contributed by atoms with Gasteiger partial charge in [-0.15, -0.1) is 0 Å². The number of nitro groups is 1. The van der Waals surface area contributed by atoms with Crippen molar-refractivity contribution in [2.75, 3.05) is 0 Å². The van der Waals surface area contributed by atoms with Gasteiger partial charge in [-0.05, 0) is 12.1 Å². The minimum Gasteiger partial charge on any atom is -0.258 e. The van der Waals surface area contributed by atoms with Gasteiger partial charge in [-0.25, -0.2) is 13.4 Å². The minimum atomic E-state index is -3.63. The fourth-order valence-electron chi connectivity index (χ4n) is 1.60. The van der Waals surface area contributed by atoms with Crippen LogP contribution in [0.25, 0.3) is 0 Å². The summed E-state index contributed by atoms with van der Waals surface area (Å²) in [5, 5.41) is 10.6. The summed E-state index contributed by atoms with van der Waals surface area (Å²) in [5.41, 5.74) is -0.197. The third-order valence-corrected chi connectivity index (χ3v) is 4.58. The van der Waals surface area contributed by atoms with Gasteiger partial charge in [0, 0.05) is 11.6 Å². The van der Waals surface area contributed by atoms with E-state index >= 15 is 0 Å². The highest BCUT2D eigenvalue weighted by Gasteiger charge is 2.19. The van der Waals surface area contributed by atoms with E-state index in [1.54, 1.807) is 18.2 Å². The third kappa shape index (κ3) is 3.12. The smallest absolute Gasteiger partial charge is 0.258 e. The largest absolute Gasteiger partial charge is 0.287 e. The Morgan fingerprint density at radius 1 is 1.25 bits per heavy atom. The quantitative estimate of drug-likeness (QED) is 0.491. The molecule has 0 aliphatic carbocycles. The molecule has 0 saturated heterocycles. The lowest BCUT2D eigenvalue weighted by molar-refractivity contribution is -0.385. The number of hydrogen-bond donors (Lipinski definition) is 0. The molecule has 0 fully saturated rings. The molecule has 0 unspecified atom stereocenters. The van der Waals surface area contributed by atoms with Crippen LogP contribution in [-0.4, -0.2) is 18.3 Å². The number of hydrogen-bond acceptors (Lipinski definition) is 5. The molecule has 0 aliphatic heterocycles. The highest BCUT2D eigenvalue weighted by molar-refractivity contribution is 7.90. The number of pyridine rings is 1. The van der Waals surface area contributed by atoms with Gasteiger partial charge in [0.1, 0.15) is 11.3 Å². The van der Waals surface area contributed by atoms with Gasteiger partial charge >= 0.3 is 0 Å². The Balaban J connectivity index is 2.39. The van der Waals surface area contributed by atoms with Crippen molar-refractivity contribution in [3.8, 4) is 0 Å². The molecule has 1 aromatic carbocycles. The van der Waals surface area contributed by atoms with E-state index in [0.29, 0.717) is 0 Å². The normalized spacial score (nSPS) is 11.2. The van der Waals surface area contributed by atoms with Gasteiger partial charge in [0.25, 0.3) is 5.69 Å². The van der Waals surface area contributed by atoms with E-state index in [1.807, 2.05) is 0 Å². The lowest BCUT2D eigenvalue weighted by Gasteiger charge is -2.05. The third-order valence-electron chi connectivity index (χ3n) is 2.56. The van der Waals surface area contributed by atoms with Gasteiger partial charge in [-0.3, -0.25) is 10.1 Å². The van der Waals surface area contributed by atoms with Gasteiger partial charge in [0.15, 0.2) is 9.84 Å². The summed E-state index contributed by atoms with van der Waals surface area (Å²) in [6, 6.07) is 8.92. The molecule has 104 valence electrons. The first kappa shape index (κ1) is 14.4. The molecule has 0 amide bonds. The first-order valence-electron chi connectivity index (χ1n) is 5.47. The molecule has 0 aliphatic rings. The summed E-state index contributed by atoms with van der Waals surface area (Å²) >= 11 is 5.80. The lowest BCUT2D eigenvalue weighted by atomic mass is 10.3. The molecule has 0 radical (unpaired) electrons. The van der Waals surface area contributed by atoms with Crippen molar-refractivity contribution in [1.82, 2.24) is 4.98 Å². The molecule has 2 rings (SSSR count). The Morgan fingerprint density at radius 3 is 2.50 bits per heavy atom. The Kier molecular flexibility index (Phi) is 4.01. The Hall–Kier alpha value is -1.99. The first-order valence-corrected chi connectivity index (χ1v) is 7.50. The fourth-order valence-corrected chi connectivity index (χ4v) is 3.22. The fraction of sp³-hybridized carbons (Fsp3) is 0.0833. The number of benzene rings is 1. The van der Waals surface area contributed by atoms with Crippen LogP contribution < -0.4 is 0 Å². The maximum absolute atomic E-state index is 12.2. The van der Waals surface area contributed by atoms with Crippen molar-refractivity contribution < 1.29 is 13.3 Å². The highest BCUT2D eigenvalue weighted by Crippen LogP contribution is 2.24. The summed E-state index contributed by atoms with van der Waals surface area (Å²) in [5.74, 6) is -0.440. The van der Waals surface area contributed by atoms with Crippen LogP contribution >= 0.6 is 11.6 Å². The van der Waals surface area contributed by atoms with E-state index in [0.717, 1.165) is 12.3 Å². The van der Waals surface area contributed by atoms with Crippen LogP contribution in [0.4, 0.5) is 5.69 Å². The molecule has 2 aromatic rings. The molecular formula is C12H9ClN2O4S. The first-order chi connectivity index (χ1) is 9.40. The van der Waals surface area contributed by atoms with E-state index in [1.165, 1.54) is 12.1 Å². The summed E-state index contributed by atoms with van der Waals surface area (Å²) in [4.78, 5) is 13.8. The predicted molar refractivity (Wildman–Crippen MR) is 73.2 cm³/mol. The number of sulfone groups is 1. The van der Waals surface area contributed by atoms with Crippen LogP contribution in [0, 0.1) is 10.1 Å². The molecule has 0 bridgehead atoms. The maximum atomic E-state index is 12.2. The summed E-state index contributed by atoms with van der Waals surface area (Å²) in [6.07, 6.45) is 0.987. The standard InChI is InChI=1S/C12H9ClN2O4S/c13-12-9(6-10(7-14-12)15(16)17)8-20(18,19)11-4-2-1-3-5-11/h1-7H,8H2. The average Bonchev–Trinajstić information content (AvgIpc) is 2.42. The van der Waals surface area contributed by atoms with Crippen LogP contribution in [0.1, 0.15) is 5.56 Å². The summed E-state index contributed by atoms with van der Waals surface area (Å²) in [6.45, 7) is 0. The number of nitrogens with zero attached hydrogens (tertiary/aromatic N) is 2. The van der Waals surface area contributed by atoms with Gasteiger partial charge in [0.05, 0.1) is 15.6 Å². The Labute approximate surface area is 120 Å². The maximum Gasteiger partial charge on any atom is 0.287 e. The van der Waals surface area contributed by atoms with Crippen molar-refractivity contribution in [2.45, 2.75) is 10.6 Å². The van der Waals surface area contributed by atoms with Crippen molar-refractivity contribution in [3.05, 3.63) is 63.4 Å². The molecule has 8 heteroatoms. The highest BCUT2D eigenvalue weighted by atomic mass is 35.5. The second kappa shape index (κ2) is 5.56. The zero-order chi connectivity index (χ0) is 14.8. The van der Waals surface area contributed by atoms with Crippen molar-refractivity contribution in [3.63, 3.8) is 0 Å². The topological polar surface area (TPSA) is 90.2 Å². The van der Waals surface area contributed by atoms with Crippen LogP contribution in [-0.2, 0) is 15.6 Å². The second-order valence-corrected chi connectivity index (χ2v) is 6.32. The van der Waals surface area contributed by atoms with E-state index in [9.17, 15) is 18.5 Å². The van der Waals surface area contributed by atoms with Gasteiger partial charge in [-0.2, -0.15) is 0 Å². The van der Waals surface area contributed by atoms with E-state index in [4.69, 9.17) is 11.6 Å². The lowest BCUT2D eigenvalue weighted by Crippen LogP contribution is -2.06. The molecular weight excluding hydrogens is 304 g/mol. The zero-order valence-corrected chi connectivity index (χ0v) is 11.6. The Morgan fingerprint density at radius 2 is 1.90 bits per heavy atom. The van der Waals surface area contributed by atoms with Crippen molar-refractivity contribution in [2.24, 2.45) is 0 Å². The Bertz CT molecular complexity index is 747. The molecule has 20 heavy (non-hydrogen) atoms. The molecule has 0 saturated carbocycles. The summed E-state index contributed by atoms with van der Waals surface area (Å²) < 4.78 is 24.4. The van der Waals surface area contributed by atoms with Gasteiger partial charge in [-0.1, -0.05) is 29.8 Å². The van der Waals surface area contributed by atoms with E-state index < -0.39 is 20.5 Å². The number of aromatic nitrogens is 1. The molecule has 0 atom stereocenters. The predicted octanol–water partition coefficient (Wildman–Crippen LogP) is 2.62.